The lowest BCUT2D eigenvalue weighted by molar-refractivity contribution is 0.0945. The zero-order valence-corrected chi connectivity index (χ0v) is 14.8. The Labute approximate surface area is 134 Å². The van der Waals surface area contributed by atoms with Crippen LogP contribution in [0.4, 0.5) is 0 Å². The smallest absolute Gasteiger partial charge is 0.251 e. The molecule has 3 N–H and O–H groups in total. The molecule has 5 nitrogen and oxygen atoms in total. The predicted molar refractivity (Wildman–Crippen MR) is 86.7 cm³/mol. The summed E-state index contributed by atoms with van der Waals surface area (Å²) in [6.45, 7) is 6.47. The summed E-state index contributed by atoms with van der Waals surface area (Å²) >= 11 is 3.27. The van der Waals surface area contributed by atoms with Gasteiger partial charge in [0.15, 0.2) is 0 Å². The van der Waals surface area contributed by atoms with Crippen LogP contribution in [0.15, 0.2) is 21.5 Å². The summed E-state index contributed by atoms with van der Waals surface area (Å²) in [5, 5.41) is 7.98. The fourth-order valence-electron chi connectivity index (χ4n) is 1.96. The first kappa shape index (κ1) is 18.1. The third kappa shape index (κ3) is 4.79. The highest BCUT2D eigenvalue weighted by Gasteiger charge is 2.18. The number of carbonyl (C=O) groups excluding carboxylic acids is 1. The normalized spacial score (nSPS) is 11.7. The summed E-state index contributed by atoms with van der Waals surface area (Å²) in [6, 6.07) is 2.72. The molecular formula is C14H21BrN2O3S. The molecule has 0 aliphatic carbocycles. The molecule has 0 saturated heterocycles. The summed E-state index contributed by atoms with van der Waals surface area (Å²) in [6.07, 6.45) is 1.97. The van der Waals surface area contributed by atoms with Gasteiger partial charge in [-0.2, -0.15) is 0 Å². The fraction of sp³-hybridized carbons (Fsp3) is 0.500. The molecule has 0 aliphatic rings. The van der Waals surface area contributed by atoms with Gasteiger partial charge in [0.05, 0.1) is 4.90 Å². The summed E-state index contributed by atoms with van der Waals surface area (Å²) in [5.74, 6) is 0.129. The van der Waals surface area contributed by atoms with Gasteiger partial charge in [0, 0.05) is 16.6 Å². The standard InChI is InChI=1S/C14H21BrN2O3S/c1-4-10(5-2)8-17-14(18)12-6-11(21(16,19)20)7-13(15)9(12)3/h6-7,10H,4-5,8H2,1-3H3,(H,17,18)(H2,16,19,20). The van der Waals surface area contributed by atoms with Gasteiger partial charge < -0.3 is 5.32 Å². The highest BCUT2D eigenvalue weighted by Crippen LogP contribution is 2.24. The second kappa shape index (κ2) is 7.38. The van der Waals surface area contributed by atoms with E-state index < -0.39 is 10.0 Å². The van der Waals surface area contributed by atoms with Crippen molar-refractivity contribution in [3.05, 3.63) is 27.7 Å². The lowest BCUT2D eigenvalue weighted by atomic mass is 10.0. The first-order valence-corrected chi connectivity index (χ1v) is 9.15. The Hall–Kier alpha value is -0.920. The molecule has 1 rings (SSSR count). The summed E-state index contributed by atoms with van der Waals surface area (Å²) in [4.78, 5) is 12.2. The Kier molecular flexibility index (Phi) is 6.37. The molecule has 0 spiro atoms. The number of hydrogen-bond donors (Lipinski definition) is 2. The van der Waals surface area contributed by atoms with Gasteiger partial charge in [0.25, 0.3) is 5.91 Å². The van der Waals surface area contributed by atoms with E-state index in [0.717, 1.165) is 12.8 Å². The molecule has 0 atom stereocenters. The molecule has 1 aromatic carbocycles. The largest absolute Gasteiger partial charge is 0.352 e. The molecule has 0 saturated carbocycles. The summed E-state index contributed by atoms with van der Waals surface area (Å²) < 4.78 is 23.5. The van der Waals surface area contributed by atoms with E-state index >= 15 is 0 Å². The minimum atomic E-state index is -3.85. The number of nitrogens with two attached hydrogens (primary N) is 1. The van der Waals surface area contributed by atoms with E-state index in [1.807, 2.05) is 0 Å². The van der Waals surface area contributed by atoms with Gasteiger partial charge in [-0.15, -0.1) is 0 Å². The van der Waals surface area contributed by atoms with E-state index in [9.17, 15) is 13.2 Å². The van der Waals surface area contributed by atoms with Gasteiger partial charge in [-0.3, -0.25) is 4.79 Å². The highest BCUT2D eigenvalue weighted by atomic mass is 79.9. The van der Waals surface area contributed by atoms with E-state index in [1.165, 1.54) is 12.1 Å². The zero-order valence-electron chi connectivity index (χ0n) is 12.4. The van der Waals surface area contributed by atoms with Gasteiger partial charge in [0.2, 0.25) is 10.0 Å². The number of hydrogen-bond acceptors (Lipinski definition) is 3. The van der Waals surface area contributed by atoms with E-state index in [1.54, 1.807) is 6.92 Å². The number of primary sulfonamides is 1. The number of sulfonamides is 1. The van der Waals surface area contributed by atoms with Crippen LogP contribution in [-0.4, -0.2) is 20.9 Å². The van der Waals surface area contributed by atoms with Crippen molar-refractivity contribution in [2.45, 2.75) is 38.5 Å². The topological polar surface area (TPSA) is 89.3 Å². The Bertz CT molecular complexity index is 625. The third-order valence-corrected chi connectivity index (χ3v) is 5.31. The van der Waals surface area contributed by atoms with Crippen LogP contribution in [0.2, 0.25) is 0 Å². The minimum absolute atomic E-state index is 0.0762. The maximum absolute atomic E-state index is 12.3. The van der Waals surface area contributed by atoms with Crippen molar-refractivity contribution in [2.24, 2.45) is 11.1 Å². The molecule has 0 aliphatic heterocycles. The van der Waals surface area contributed by atoms with E-state index in [0.29, 0.717) is 28.1 Å². The average Bonchev–Trinajstić information content (AvgIpc) is 2.41. The van der Waals surface area contributed by atoms with Crippen LogP contribution in [0.3, 0.4) is 0 Å². The van der Waals surface area contributed by atoms with Crippen LogP contribution in [0.5, 0.6) is 0 Å². The van der Waals surface area contributed by atoms with Crippen LogP contribution in [0.1, 0.15) is 42.6 Å². The molecule has 0 unspecified atom stereocenters. The molecular weight excluding hydrogens is 356 g/mol. The van der Waals surface area contributed by atoms with Gasteiger partial charge in [-0.1, -0.05) is 42.6 Å². The van der Waals surface area contributed by atoms with Crippen molar-refractivity contribution in [1.29, 1.82) is 0 Å². The van der Waals surface area contributed by atoms with Gasteiger partial charge >= 0.3 is 0 Å². The number of rotatable bonds is 6. The molecule has 0 radical (unpaired) electrons. The Morgan fingerprint density at radius 2 is 1.90 bits per heavy atom. The quantitative estimate of drug-likeness (QED) is 0.799. The first-order valence-electron chi connectivity index (χ1n) is 6.81. The number of nitrogens with one attached hydrogen (secondary N) is 1. The second-order valence-electron chi connectivity index (χ2n) is 5.02. The van der Waals surface area contributed by atoms with Crippen molar-refractivity contribution in [1.82, 2.24) is 5.32 Å². The lowest BCUT2D eigenvalue weighted by Gasteiger charge is -2.15. The Morgan fingerprint density at radius 1 is 1.33 bits per heavy atom. The van der Waals surface area contributed by atoms with Crippen LogP contribution < -0.4 is 10.5 Å². The van der Waals surface area contributed by atoms with Crippen LogP contribution >= 0.6 is 15.9 Å². The van der Waals surface area contributed by atoms with Crippen LogP contribution in [0, 0.1) is 12.8 Å². The minimum Gasteiger partial charge on any atom is -0.352 e. The lowest BCUT2D eigenvalue weighted by Crippen LogP contribution is -2.29. The molecule has 21 heavy (non-hydrogen) atoms. The fourth-order valence-corrected chi connectivity index (χ4v) is 3.14. The Balaban J connectivity index is 3.06. The number of carbonyl (C=O) groups is 1. The summed E-state index contributed by atoms with van der Waals surface area (Å²) in [5.41, 5.74) is 1.00. The van der Waals surface area contributed by atoms with Crippen molar-refractivity contribution in [3.63, 3.8) is 0 Å². The molecule has 118 valence electrons. The molecule has 0 aromatic heterocycles. The maximum atomic E-state index is 12.3. The Morgan fingerprint density at radius 3 is 2.38 bits per heavy atom. The number of benzene rings is 1. The highest BCUT2D eigenvalue weighted by molar-refractivity contribution is 9.10. The van der Waals surface area contributed by atoms with Crippen molar-refractivity contribution in [2.75, 3.05) is 6.54 Å². The molecule has 0 heterocycles. The van der Waals surface area contributed by atoms with Gasteiger partial charge in [0.1, 0.15) is 0 Å². The summed E-state index contributed by atoms with van der Waals surface area (Å²) in [7, 11) is -3.85. The van der Waals surface area contributed by atoms with Gasteiger partial charge in [-0.05, 0) is 30.5 Å². The zero-order chi connectivity index (χ0) is 16.2. The van der Waals surface area contributed by atoms with Crippen LogP contribution in [-0.2, 0) is 10.0 Å². The number of halogens is 1. The van der Waals surface area contributed by atoms with Crippen molar-refractivity contribution >= 4 is 31.9 Å². The second-order valence-corrected chi connectivity index (χ2v) is 7.43. The third-order valence-electron chi connectivity index (χ3n) is 3.60. The monoisotopic (exact) mass is 376 g/mol. The molecule has 0 bridgehead atoms. The molecule has 0 fully saturated rings. The molecule has 1 amide bonds. The number of amides is 1. The van der Waals surface area contributed by atoms with Crippen molar-refractivity contribution in [3.8, 4) is 0 Å². The average molecular weight is 377 g/mol. The first-order chi connectivity index (χ1) is 9.70. The van der Waals surface area contributed by atoms with Crippen molar-refractivity contribution < 1.29 is 13.2 Å². The van der Waals surface area contributed by atoms with E-state index in [2.05, 4.69) is 35.1 Å². The maximum Gasteiger partial charge on any atom is 0.251 e. The predicted octanol–water partition coefficient (Wildman–Crippen LogP) is 2.57. The van der Waals surface area contributed by atoms with E-state index in [4.69, 9.17) is 5.14 Å². The molecule has 1 aromatic rings. The molecule has 7 heteroatoms. The SMILES string of the molecule is CCC(CC)CNC(=O)c1cc(S(N)(=O)=O)cc(Br)c1C. The van der Waals surface area contributed by atoms with E-state index in [-0.39, 0.29) is 10.8 Å². The van der Waals surface area contributed by atoms with Crippen LogP contribution in [0.25, 0.3) is 0 Å². The van der Waals surface area contributed by atoms with Gasteiger partial charge in [-0.25, -0.2) is 13.6 Å².